The van der Waals surface area contributed by atoms with Crippen LogP contribution in [0.15, 0.2) is 29.6 Å². The molecule has 20 heavy (non-hydrogen) atoms. The van der Waals surface area contributed by atoms with Crippen molar-refractivity contribution >= 4 is 11.3 Å². The van der Waals surface area contributed by atoms with Gasteiger partial charge in [-0.05, 0) is 18.9 Å². The van der Waals surface area contributed by atoms with E-state index in [1.165, 1.54) is 0 Å². The normalized spacial score (nSPS) is 12.7. The van der Waals surface area contributed by atoms with Crippen molar-refractivity contribution in [1.29, 1.82) is 0 Å². The molecule has 2 aromatic rings. The summed E-state index contributed by atoms with van der Waals surface area (Å²) in [5.41, 5.74) is 8.53. The van der Waals surface area contributed by atoms with Gasteiger partial charge in [0.2, 0.25) is 0 Å². The van der Waals surface area contributed by atoms with Crippen LogP contribution in [0.3, 0.4) is 0 Å². The lowest BCUT2D eigenvalue weighted by Crippen LogP contribution is -2.14. The molecule has 1 heterocycles. The van der Waals surface area contributed by atoms with Crippen molar-refractivity contribution in [2.75, 3.05) is 6.61 Å². The van der Waals surface area contributed by atoms with E-state index in [1.54, 1.807) is 11.3 Å². The zero-order chi connectivity index (χ0) is 14.5. The zero-order valence-corrected chi connectivity index (χ0v) is 13.1. The molecule has 0 amide bonds. The SMILES string of the molecule is CCOc1ccccc1C(N)Cc1nc(C(C)C)cs1. The van der Waals surface area contributed by atoms with Gasteiger partial charge in [0.25, 0.3) is 0 Å². The zero-order valence-electron chi connectivity index (χ0n) is 12.3. The van der Waals surface area contributed by atoms with Gasteiger partial charge < -0.3 is 10.5 Å². The highest BCUT2D eigenvalue weighted by molar-refractivity contribution is 7.09. The number of nitrogens with zero attached hydrogens (tertiary/aromatic N) is 1. The van der Waals surface area contributed by atoms with Gasteiger partial charge in [0.05, 0.1) is 17.3 Å². The Labute approximate surface area is 124 Å². The average molecular weight is 290 g/mol. The minimum atomic E-state index is -0.0797. The maximum absolute atomic E-state index is 6.33. The first kappa shape index (κ1) is 15.0. The fourth-order valence-corrected chi connectivity index (χ4v) is 3.07. The summed E-state index contributed by atoms with van der Waals surface area (Å²) >= 11 is 1.69. The molecule has 1 aromatic heterocycles. The van der Waals surface area contributed by atoms with Crippen LogP contribution >= 0.6 is 11.3 Å². The quantitative estimate of drug-likeness (QED) is 0.877. The van der Waals surface area contributed by atoms with Crippen LogP contribution in [0.25, 0.3) is 0 Å². The highest BCUT2D eigenvalue weighted by Gasteiger charge is 2.15. The standard InChI is InChI=1S/C16H22N2OS/c1-4-19-15-8-6-5-7-12(15)13(17)9-16-18-14(10-20-16)11(2)3/h5-8,10-11,13H,4,9,17H2,1-3H3. The van der Waals surface area contributed by atoms with Crippen molar-refractivity contribution in [2.24, 2.45) is 5.73 Å². The number of hydrogen-bond acceptors (Lipinski definition) is 4. The van der Waals surface area contributed by atoms with Gasteiger partial charge in [-0.25, -0.2) is 4.98 Å². The van der Waals surface area contributed by atoms with Crippen LogP contribution in [0.5, 0.6) is 5.75 Å². The van der Waals surface area contributed by atoms with Gasteiger partial charge >= 0.3 is 0 Å². The number of benzene rings is 1. The third kappa shape index (κ3) is 3.58. The van der Waals surface area contributed by atoms with Crippen molar-refractivity contribution in [2.45, 2.75) is 39.2 Å². The summed E-state index contributed by atoms with van der Waals surface area (Å²) in [6, 6.07) is 7.90. The molecule has 0 saturated carbocycles. The van der Waals surface area contributed by atoms with E-state index in [9.17, 15) is 0 Å². The molecule has 108 valence electrons. The Balaban J connectivity index is 2.12. The second kappa shape index (κ2) is 6.86. The molecule has 0 spiro atoms. The van der Waals surface area contributed by atoms with Gasteiger partial charge in [-0.1, -0.05) is 32.0 Å². The molecule has 0 radical (unpaired) electrons. The smallest absolute Gasteiger partial charge is 0.124 e. The lowest BCUT2D eigenvalue weighted by molar-refractivity contribution is 0.334. The summed E-state index contributed by atoms with van der Waals surface area (Å²) < 4.78 is 5.64. The second-order valence-electron chi connectivity index (χ2n) is 5.10. The van der Waals surface area contributed by atoms with E-state index in [4.69, 9.17) is 10.5 Å². The van der Waals surface area contributed by atoms with E-state index in [-0.39, 0.29) is 6.04 Å². The molecule has 3 nitrogen and oxygen atoms in total. The molecule has 0 aliphatic heterocycles. The molecular formula is C16H22N2OS. The lowest BCUT2D eigenvalue weighted by atomic mass is 10.0. The lowest BCUT2D eigenvalue weighted by Gasteiger charge is -2.15. The fourth-order valence-electron chi connectivity index (χ4n) is 2.06. The Bertz CT molecular complexity index is 551. The summed E-state index contributed by atoms with van der Waals surface area (Å²) in [6.07, 6.45) is 0.751. The summed E-state index contributed by atoms with van der Waals surface area (Å²) in [5.74, 6) is 1.34. The van der Waals surface area contributed by atoms with E-state index in [0.29, 0.717) is 12.5 Å². The number of rotatable bonds is 6. The molecule has 0 aliphatic rings. The minimum absolute atomic E-state index is 0.0797. The molecule has 0 bridgehead atoms. The Kier molecular flexibility index (Phi) is 5.15. The van der Waals surface area contributed by atoms with Gasteiger partial charge in [-0.3, -0.25) is 0 Å². The van der Waals surface area contributed by atoms with Crippen molar-refractivity contribution < 1.29 is 4.74 Å². The molecule has 1 atom stereocenters. The van der Waals surface area contributed by atoms with Crippen molar-refractivity contribution in [3.05, 3.63) is 45.9 Å². The van der Waals surface area contributed by atoms with Gasteiger partial charge in [0.15, 0.2) is 0 Å². The summed E-state index contributed by atoms with van der Waals surface area (Å²) in [5, 5.41) is 3.22. The topological polar surface area (TPSA) is 48.1 Å². The largest absolute Gasteiger partial charge is 0.494 e. The number of aromatic nitrogens is 1. The summed E-state index contributed by atoms with van der Waals surface area (Å²) in [4.78, 5) is 4.65. The first-order valence-electron chi connectivity index (χ1n) is 7.03. The average Bonchev–Trinajstić information content (AvgIpc) is 2.88. The maximum atomic E-state index is 6.33. The summed E-state index contributed by atoms with van der Waals surface area (Å²) in [6.45, 7) is 6.95. The number of thiazole rings is 1. The fraction of sp³-hybridized carbons (Fsp3) is 0.438. The van der Waals surface area contributed by atoms with Crippen LogP contribution in [0.4, 0.5) is 0 Å². The van der Waals surface area contributed by atoms with Crippen LogP contribution in [0.2, 0.25) is 0 Å². The van der Waals surface area contributed by atoms with Crippen LogP contribution < -0.4 is 10.5 Å². The van der Waals surface area contributed by atoms with E-state index >= 15 is 0 Å². The molecule has 1 unspecified atom stereocenters. The number of hydrogen-bond donors (Lipinski definition) is 1. The number of para-hydroxylation sites is 1. The van der Waals surface area contributed by atoms with Gasteiger partial charge in [-0.2, -0.15) is 0 Å². The van der Waals surface area contributed by atoms with Crippen LogP contribution in [-0.4, -0.2) is 11.6 Å². The van der Waals surface area contributed by atoms with Crippen molar-refractivity contribution in [1.82, 2.24) is 4.98 Å². The van der Waals surface area contributed by atoms with Gasteiger partial charge in [-0.15, -0.1) is 11.3 Å². The molecule has 0 aliphatic carbocycles. The first-order chi connectivity index (χ1) is 9.61. The Morgan fingerprint density at radius 1 is 1.30 bits per heavy atom. The molecule has 4 heteroatoms. The molecule has 0 fully saturated rings. The monoisotopic (exact) mass is 290 g/mol. The minimum Gasteiger partial charge on any atom is -0.494 e. The van der Waals surface area contributed by atoms with E-state index in [2.05, 4.69) is 24.2 Å². The van der Waals surface area contributed by atoms with Crippen LogP contribution in [-0.2, 0) is 6.42 Å². The molecule has 1 aromatic carbocycles. The Hall–Kier alpha value is -1.39. The van der Waals surface area contributed by atoms with E-state index in [1.807, 2.05) is 31.2 Å². The number of ether oxygens (including phenoxy) is 1. The highest BCUT2D eigenvalue weighted by Crippen LogP contribution is 2.27. The van der Waals surface area contributed by atoms with Crippen LogP contribution in [0.1, 0.15) is 49.0 Å². The first-order valence-corrected chi connectivity index (χ1v) is 7.91. The molecular weight excluding hydrogens is 268 g/mol. The van der Waals surface area contributed by atoms with Crippen LogP contribution in [0, 0.1) is 0 Å². The van der Waals surface area contributed by atoms with Crippen molar-refractivity contribution in [3.63, 3.8) is 0 Å². The van der Waals surface area contributed by atoms with E-state index < -0.39 is 0 Å². The van der Waals surface area contributed by atoms with Gasteiger partial charge in [0, 0.05) is 23.4 Å². The third-order valence-corrected chi connectivity index (χ3v) is 4.06. The Morgan fingerprint density at radius 3 is 2.70 bits per heavy atom. The van der Waals surface area contributed by atoms with E-state index in [0.717, 1.165) is 28.4 Å². The Morgan fingerprint density at radius 2 is 2.05 bits per heavy atom. The predicted molar refractivity (Wildman–Crippen MR) is 84.4 cm³/mol. The highest BCUT2D eigenvalue weighted by atomic mass is 32.1. The van der Waals surface area contributed by atoms with Crippen molar-refractivity contribution in [3.8, 4) is 5.75 Å². The third-order valence-electron chi connectivity index (χ3n) is 3.17. The molecule has 0 saturated heterocycles. The number of nitrogens with two attached hydrogens (primary N) is 1. The summed E-state index contributed by atoms with van der Waals surface area (Å²) in [7, 11) is 0. The molecule has 2 rings (SSSR count). The second-order valence-corrected chi connectivity index (χ2v) is 6.04. The maximum Gasteiger partial charge on any atom is 0.124 e. The van der Waals surface area contributed by atoms with Gasteiger partial charge in [0.1, 0.15) is 5.75 Å². The predicted octanol–water partition coefficient (Wildman–Crippen LogP) is 3.91. The molecule has 2 N–H and O–H groups in total.